The summed E-state index contributed by atoms with van der Waals surface area (Å²) in [7, 11) is 3.74. The van der Waals surface area contributed by atoms with Gasteiger partial charge in [0.05, 0.1) is 10.2 Å². The molecule has 3 radical (unpaired) electrons. The van der Waals surface area contributed by atoms with E-state index in [4.69, 9.17) is 9.47 Å². The largest absolute Gasteiger partial charge is 0.455 e. The van der Waals surface area contributed by atoms with Crippen molar-refractivity contribution in [3.63, 3.8) is 0 Å². The fourth-order valence-corrected chi connectivity index (χ4v) is 3.78. The maximum absolute atomic E-state index is 11.3. The van der Waals surface area contributed by atoms with E-state index in [1.807, 2.05) is 18.2 Å². The molecular formula is C23H17O3Si. The third kappa shape index (κ3) is 3.31. The fraction of sp³-hybridized carbons (Fsp3) is 0.0870. The molecule has 3 nitrogen and oxygen atoms in total. The Hall–Kier alpha value is -3.11. The van der Waals surface area contributed by atoms with Crippen LogP contribution in [-0.2, 0) is 9.53 Å². The molecule has 0 aliphatic heterocycles. The van der Waals surface area contributed by atoms with Gasteiger partial charge in [-0.25, -0.2) is 4.79 Å². The summed E-state index contributed by atoms with van der Waals surface area (Å²) in [6.45, 7) is 5.06. The quantitative estimate of drug-likeness (QED) is 0.134. The Morgan fingerprint density at radius 1 is 1.00 bits per heavy atom. The number of esters is 1. The van der Waals surface area contributed by atoms with E-state index in [1.54, 1.807) is 6.92 Å². The van der Waals surface area contributed by atoms with Gasteiger partial charge in [-0.3, -0.25) is 0 Å². The minimum atomic E-state index is -0.705. The first kappa shape index (κ1) is 17.3. The van der Waals surface area contributed by atoms with E-state index >= 15 is 0 Å². The van der Waals surface area contributed by atoms with Gasteiger partial charge in [-0.1, -0.05) is 48.2 Å². The fourth-order valence-electron chi connectivity index (χ4n) is 3.36. The van der Waals surface area contributed by atoms with Gasteiger partial charge < -0.3 is 9.47 Å². The lowest BCUT2D eigenvalue weighted by atomic mass is 9.98. The molecule has 27 heavy (non-hydrogen) atoms. The molecule has 4 aromatic carbocycles. The van der Waals surface area contributed by atoms with E-state index in [0.29, 0.717) is 5.75 Å². The summed E-state index contributed by atoms with van der Waals surface area (Å²) in [6, 6.07) is 20.8. The van der Waals surface area contributed by atoms with E-state index in [-0.39, 0.29) is 0 Å². The van der Waals surface area contributed by atoms with Crippen molar-refractivity contribution in [2.75, 3.05) is 0 Å². The minimum absolute atomic E-state index is 0.514. The van der Waals surface area contributed by atoms with Crippen LogP contribution in [0.5, 0.6) is 5.75 Å². The zero-order chi connectivity index (χ0) is 19.0. The van der Waals surface area contributed by atoms with E-state index in [9.17, 15) is 4.79 Å². The second-order valence-electron chi connectivity index (χ2n) is 6.38. The Morgan fingerprint density at radius 3 is 2.44 bits per heavy atom. The molecule has 4 aromatic rings. The van der Waals surface area contributed by atoms with Crippen LogP contribution in [0.3, 0.4) is 0 Å². The van der Waals surface area contributed by atoms with Crippen molar-refractivity contribution in [3.05, 3.63) is 73.3 Å². The van der Waals surface area contributed by atoms with E-state index in [1.165, 1.54) is 21.5 Å². The molecule has 0 spiro atoms. The van der Waals surface area contributed by atoms with Crippen LogP contribution in [0.4, 0.5) is 0 Å². The van der Waals surface area contributed by atoms with Gasteiger partial charge in [0.2, 0.25) is 6.29 Å². The van der Waals surface area contributed by atoms with Crippen molar-refractivity contribution in [2.24, 2.45) is 0 Å². The molecular weight excluding hydrogens is 352 g/mol. The second kappa shape index (κ2) is 6.89. The molecule has 0 N–H and O–H groups in total. The lowest BCUT2D eigenvalue weighted by molar-refractivity contribution is -0.154. The highest BCUT2D eigenvalue weighted by atomic mass is 28.1. The molecule has 0 aromatic heterocycles. The molecule has 0 amide bonds. The Labute approximate surface area is 160 Å². The normalized spacial score (nSPS) is 12.2. The average molecular weight is 369 g/mol. The molecule has 0 aliphatic rings. The lowest BCUT2D eigenvalue weighted by Gasteiger charge is -2.16. The predicted octanol–water partition coefficient (Wildman–Crippen LogP) is 4.39. The summed E-state index contributed by atoms with van der Waals surface area (Å²) < 4.78 is 10.8. The number of benzene rings is 4. The van der Waals surface area contributed by atoms with Crippen LogP contribution in [0.1, 0.15) is 6.92 Å². The molecule has 0 heterocycles. The molecule has 0 aliphatic carbocycles. The predicted molar refractivity (Wildman–Crippen MR) is 111 cm³/mol. The number of hydrogen-bond donors (Lipinski definition) is 0. The third-order valence-electron chi connectivity index (χ3n) is 4.52. The van der Waals surface area contributed by atoms with Crippen LogP contribution in [0.15, 0.2) is 73.3 Å². The third-order valence-corrected chi connectivity index (χ3v) is 4.92. The number of rotatable bonds is 4. The smallest absolute Gasteiger partial charge is 0.333 e. The van der Waals surface area contributed by atoms with Crippen molar-refractivity contribution in [1.29, 1.82) is 0 Å². The molecule has 0 fully saturated rings. The summed E-state index contributed by atoms with van der Waals surface area (Å²) in [4.78, 5) is 11.3. The van der Waals surface area contributed by atoms with Gasteiger partial charge >= 0.3 is 5.97 Å². The maximum Gasteiger partial charge on any atom is 0.333 e. The molecule has 131 valence electrons. The van der Waals surface area contributed by atoms with E-state index in [2.05, 4.69) is 59.3 Å². The van der Waals surface area contributed by atoms with Crippen LogP contribution in [0, 0.1) is 0 Å². The summed E-state index contributed by atoms with van der Waals surface area (Å²) in [5.74, 6) is 0.108. The summed E-state index contributed by atoms with van der Waals surface area (Å²) >= 11 is 0. The first-order chi connectivity index (χ1) is 13.0. The maximum atomic E-state index is 11.3. The molecule has 0 saturated heterocycles. The van der Waals surface area contributed by atoms with Crippen molar-refractivity contribution in [1.82, 2.24) is 0 Å². The minimum Gasteiger partial charge on any atom is -0.455 e. The Bertz CT molecular complexity index is 1200. The van der Waals surface area contributed by atoms with Crippen LogP contribution in [-0.4, -0.2) is 22.5 Å². The average Bonchev–Trinajstić information content (AvgIpc) is 2.65. The number of hydrogen-bond acceptors (Lipinski definition) is 3. The summed E-state index contributed by atoms with van der Waals surface area (Å²) in [5.41, 5.74) is 0. The zero-order valence-electron chi connectivity index (χ0n) is 14.9. The van der Waals surface area contributed by atoms with Crippen LogP contribution >= 0.6 is 0 Å². The second-order valence-corrected chi connectivity index (χ2v) is 6.92. The van der Waals surface area contributed by atoms with Crippen LogP contribution in [0.25, 0.3) is 32.3 Å². The van der Waals surface area contributed by atoms with Crippen LogP contribution < -0.4 is 9.92 Å². The molecule has 0 bridgehead atoms. The summed E-state index contributed by atoms with van der Waals surface area (Å²) in [6.07, 6.45) is 0.412. The molecule has 4 heteroatoms. The number of carbonyl (C=O) groups excluding carboxylic acids is 1. The molecule has 1 atom stereocenters. The Balaban J connectivity index is 1.81. The zero-order valence-corrected chi connectivity index (χ0v) is 15.9. The number of ether oxygens (including phenoxy) is 2. The summed E-state index contributed by atoms with van der Waals surface area (Å²) in [5, 5.41) is 7.87. The topological polar surface area (TPSA) is 35.5 Å². The first-order valence-electron chi connectivity index (χ1n) is 8.66. The van der Waals surface area contributed by atoms with Crippen molar-refractivity contribution in [2.45, 2.75) is 13.2 Å². The van der Waals surface area contributed by atoms with Gasteiger partial charge in [0.15, 0.2) is 0 Å². The highest BCUT2D eigenvalue weighted by Gasteiger charge is 2.11. The van der Waals surface area contributed by atoms with Crippen molar-refractivity contribution < 1.29 is 14.3 Å². The monoisotopic (exact) mass is 369 g/mol. The first-order valence-corrected chi connectivity index (χ1v) is 9.16. The SMILES string of the molecule is C=CC(=O)OC(C)Oc1cc([Si])c2c(ccc3cc4ccccc4cc32)c1. The number of carbonyl (C=O) groups is 1. The standard InChI is InChI=1S/C23H17O3Si/c1-3-22(24)26-14(2)25-19-11-18-9-8-17-10-15-6-4-5-7-16(15)12-20(17)23(18)21(27)13-19/h3-14H,1H2,2H3. The van der Waals surface area contributed by atoms with Crippen molar-refractivity contribution in [3.8, 4) is 5.75 Å². The Morgan fingerprint density at radius 2 is 1.70 bits per heavy atom. The van der Waals surface area contributed by atoms with Gasteiger partial charge in [0.25, 0.3) is 0 Å². The molecule has 4 rings (SSSR count). The van der Waals surface area contributed by atoms with E-state index in [0.717, 1.165) is 22.0 Å². The van der Waals surface area contributed by atoms with Crippen LogP contribution in [0.2, 0.25) is 0 Å². The van der Waals surface area contributed by atoms with Gasteiger partial charge in [-0.2, -0.15) is 0 Å². The number of fused-ring (bicyclic) bond motifs is 4. The van der Waals surface area contributed by atoms with Gasteiger partial charge in [0.1, 0.15) is 5.75 Å². The lowest BCUT2D eigenvalue weighted by Crippen LogP contribution is -2.20. The highest BCUT2D eigenvalue weighted by molar-refractivity contribution is 6.42. The highest BCUT2D eigenvalue weighted by Crippen LogP contribution is 2.30. The molecule has 0 saturated carbocycles. The van der Waals surface area contributed by atoms with Gasteiger partial charge in [0, 0.05) is 13.0 Å². The van der Waals surface area contributed by atoms with Gasteiger partial charge in [-0.05, 0) is 56.6 Å². The molecule has 1 unspecified atom stereocenters. The van der Waals surface area contributed by atoms with Gasteiger partial charge in [-0.15, -0.1) is 0 Å². The Kier molecular flexibility index (Phi) is 4.42. The van der Waals surface area contributed by atoms with Crippen molar-refractivity contribution >= 4 is 53.7 Å². The van der Waals surface area contributed by atoms with E-state index < -0.39 is 12.3 Å².